The second-order valence-corrected chi connectivity index (χ2v) is 8.98. The van der Waals surface area contributed by atoms with E-state index in [1.54, 1.807) is 51.7 Å². The Labute approximate surface area is 248 Å². The molecule has 0 aromatic heterocycles. The van der Waals surface area contributed by atoms with E-state index in [1.165, 1.54) is 18.2 Å². The van der Waals surface area contributed by atoms with Crippen LogP contribution in [0.2, 0.25) is 0 Å². The van der Waals surface area contributed by atoms with Crippen LogP contribution in [0.5, 0.6) is 23.0 Å². The van der Waals surface area contributed by atoms with Crippen LogP contribution in [0, 0.1) is 20.2 Å². The highest BCUT2D eigenvalue weighted by molar-refractivity contribution is 5.49. The molecule has 0 amide bonds. The zero-order valence-electron chi connectivity index (χ0n) is 23.9. The molecule has 0 saturated carbocycles. The van der Waals surface area contributed by atoms with Crippen molar-refractivity contribution in [1.82, 2.24) is 0 Å². The summed E-state index contributed by atoms with van der Waals surface area (Å²) in [6.07, 6.45) is 0. The van der Waals surface area contributed by atoms with Crippen LogP contribution in [0.3, 0.4) is 0 Å². The van der Waals surface area contributed by atoms with Gasteiger partial charge in [0, 0.05) is 19.2 Å². The van der Waals surface area contributed by atoms with Gasteiger partial charge in [-0.1, -0.05) is 36.4 Å². The van der Waals surface area contributed by atoms with Crippen molar-refractivity contribution >= 4 is 11.4 Å². The Kier molecular flexibility index (Phi) is 12.2. The van der Waals surface area contributed by atoms with Gasteiger partial charge in [-0.3, -0.25) is 20.2 Å². The average molecular weight is 593 g/mol. The molecular formula is C31H32N2O10. The Morgan fingerprint density at radius 3 is 1.35 bits per heavy atom. The molecule has 0 atom stereocenters. The SMILES string of the molecule is COCc1ccc(OCc2ccc(OC)cc2)c([N+](=O)[O-])c1.COc1ccc(COc2ccc(CO)cc2[N+](=O)[O-])cc1. The van der Waals surface area contributed by atoms with Gasteiger partial charge in [-0.15, -0.1) is 0 Å². The molecule has 0 aliphatic carbocycles. The summed E-state index contributed by atoms with van der Waals surface area (Å²) >= 11 is 0. The quantitative estimate of drug-likeness (QED) is 0.144. The standard InChI is InChI=1S/C16H17NO5.C15H15NO5/c1-20-10-13-5-8-16(15(9-13)17(18)19)22-11-12-3-6-14(21-2)7-4-12;1-20-13-5-2-11(3-6-13)10-21-15-7-4-12(9-17)8-14(15)16(18)19/h3-9H,10-11H2,1-2H3;2-8,17H,9-10H2,1H3. The maximum absolute atomic E-state index is 11.1. The molecule has 0 radical (unpaired) electrons. The minimum absolute atomic E-state index is 0.0666. The molecule has 0 aliphatic heterocycles. The molecule has 12 heteroatoms. The van der Waals surface area contributed by atoms with Crippen LogP contribution in [0.15, 0.2) is 84.9 Å². The van der Waals surface area contributed by atoms with E-state index in [-0.39, 0.29) is 42.7 Å². The van der Waals surface area contributed by atoms with E-state index < -0.39 is 9.85 Å². The first-order valence-electron chi connectivity index (χ1n) is 12.9. The molecule has 226 valence electrons. The lowest BCUT2D eigenvalue weighted by Gasteiger charge is -2.09. The molecule has 0 spiro atoms. The fourth-order valence-corrected chi connectivity index (χ4v) is 3.78. The maximum atomic E-state index is 11.1. The molecule has 43 heavy (non-hydrogen) atoms. The number of nitro benzene ring substituents is 2. The monoisotopic (exact) mass is 592 g/mol. The summed E-state index contributed by atoms with van der Waals surface area (Å²) in [6.45, 7) is 0.525. The van der Waals surface area contributed by atoms with Crippen LogP contribution >= 0.6 is 0 Å². The van der Waals surface area contributed by atoms with Crippen LogP contribution < -0.4 is 18.9 Å². The van der Waals surface area contributed by atoms with Crippen molar-refractivity contribution in [3.05, 3.63) is 127 Å². The van der Waals surface area contributed by atoms with Gasteiger partial charge >= 0.3 is 11.4 Å². The number of aliphatic hydroxyl groups excluding tert-OH is 1. The van der Waals surface area contributed by atoms with E-state index in [1.807, 2.05) is 36.4 Å². The number of methoxy groups -OCH3 is 3. The largest absolute Gasteiger partial charge is 0.497 e. The number of benzene rings is 4. The van der Waals surface area contributed by atoms with Crippen LogP contribution in [-0.4, -0.2) is 36.3 Å². The van der Waals surface area contributed by atoms with E-state index in [9.17, 15) is 20.2 Å². The molecule has 0 saturated heterocycles. The normalized spacial score (nSPS) is 10.2. The number of nitrogens with zero attached hydrogens (tertiary/aromatic N) is 2. The number of hydrogen-bond donors (Lipinski definition) is 1. The Morgan fingerprint density at radius 2 is 0.977 bits per heavy atom. The highest BCUT2D eigenvalue weighted by Gasteiger charge is 2.17. The van der Waals surface area contributed by atoms with Gasteiger partial charge in [-0.05, 0) is 58.7 Å². The first-order chi connectivity index (χ1) is 20.8. The lowest BCUT2D eigenvalue weighted by atomic mass is 10.2. The van der Waals surface area contributed by atoms with Crippen LogP contribution in [0.25, 0.3) is 0 Å². The molecule has 0 aliphatic rings. The van der Waals surface area contributed by atoms with Crippen LogP contribution in [-0.2, 0) is 31.2 Å². The van der Waals surface area contributed by atoms with Crippen molar-refractivity contribution in [3.8, 4) is 23.0 Å². The molecule has 0 unspecified atom stereocenters. The maximum Gasteiger partial charge on any atom is 0.311 e. The van der Waals surface area contributed by atoms with Gasteiger partial charge in [0.1, 0.15) is 24.7 Å². The Bertz CT molecular complexity index is 1490. The summed E-state index contributed by atoms with van der Waals surface area (Å²) < 4.78 is 26.2. The van der Waals surface area contributed by atoms with Gasteiger partial charge in [-0.2, -0.15) is 0 Å². The number of aliphatic hydroxyl groups is 1. The fourth-order valence-electron chi connectivity index (χ4n) is 3.78. The van der Waals surface area contributed by atoms with Crippen molar-refractivity contribution in [2.45, 2.75) is 26.4 Å². The lowest BCUT2D eigenvalue weighted by Crippen LogP contribution is -2.00. The summed E-state index contributed by atoms with van der Waals surface area (Å²) in [5, 5.41) is 31.2. The molecule has 4 aromatic rings. The van der Waals surface area contributed by atoms with Gasteiger partial charge in [-0.25, -0.2) is 0 Å². The van der Waals surface area contributed by atoms with Crippen LogP contribution in [0.1, 0.15) is 22.3 Å². The summed E-state index contributed by atoms with van der Waals surface area (Å²) in [6, 6.07) is 23.8. The van der Waals surface area contributed by atoms with E-state index in [0.29, 0.717) is 12.2 Å². The third kappa shape index (κ3) is 9.69. The minimum Gasteiger partial charge on any atom is -0.497 e. The summed E-state index contributed by atoms with van der Waals surface area (Å²) in [7, 11) is 4.72. The van der Waals surface area contributed by atoms with Gasteiger partial charge in [0.2, 0.25) is 0 Å². The minimum atomic E-state index is -0.525. The number of ether oxygens (including phenoxy) is 5. The van der Waals surface area contributed by atoms with E-state index in [4.69, 9.17) is 28.8 Å². The molecule has 0 heterocycles. The number of rotatable bonds is 13. The van der Waals surface area contributed by atoms with E-state index in [0.717, 1.165) is 28.2 Å². The van der Waals surface area contributed by atoms with Crippen molar-refractivity contribution in [2.24, 2.45) is 0 Å². The smallest absolute Gasteiger partial charge is 0.311 e. The van der Waals surface area contributed by atoms with Gasteiger partial charge in [0.05, 0.1) is 37.3 Å². The van der Waals surface area contributed by atoms with Crippen LogP contribution in [0.4, 0.5) is 11.4 Å². The molecule has 4 rings (SSSR count). The summed E-state index contributed by atoms with van der Waals surface area (Å²) in [5.74, 6) is 1.89. The predicted octanol–water partition coefficient (Wildman–Crippen LogP) is 6.00. The van der Waals surface area contributed by atoms with Crippen molar-refractivity contribution in [3.63, 3.8) is 0 Å². The molecular weight excluding hydrogens is 560 g/mol. The van der Waals surface area contributed by atoms with Gasteiger partial charge in [0.15, 0.2) is 11.5 Å². The first-order valence-corrected chi connectivity index (χ1v) is 12.9. The Balaban J connectivity index is 0.000000236. The second kappa shape index (κ2) is 16.3. The lowest BCUT2D eigenvalue weighted by molar-refractivity contribution is -0.386. The van der Waals surface area contributed by atoms with Gasteiger partial charge in [0.25, 0.3) is 0 Å². The van der Waals surface area contributed by atoms with E-state index in [2.05, 4.69) is 0 Å². The van der Waals surface area contributed by atoms with Gasteiger partial charge < -0.3 is 28.8 Å². The summed E-state index contributed by atoms with van der Waals surface area (Å²) in [5.41, 5.74) is 2.75. The average Bonchev–Trinajstić information content (AvgIpc) is 3.03. The Hall–Kier alpha value is -5.20. The predicted molar refractivity (Wildman–Crippen MR) is 157 cm³/mol. The third-order valence-electron chi connectivity index (χ3n) is 6.04. The van der Waals surface area contributed by atoms with Crippen molar-refractivity contribution in [2.75, 3.05) is 21.3 Å². The zero-order chi connectivity index (χ0) is 31.2. The molecule has 4 aromatic carbocycles. The highest BCUT2D eigenvalue weighted by atomic mass is 16.6. The first kappa shape index (κ1) is 32.3. The molecule has 12 nitrogen and oxygen atoms in total. The summed E-state index contributed by atoms with van der Waals surface area (Å²) in [4.78, 5) is 21.2. The van der Waals surface area contributed by atoms with Crippen molar-refractivity contribution < 1.29 is 38.6 Å². The molecule has 0 bridgehead atoms. The topological polar surface area (TPSA) is 153 Å². The zero-order valence-corrected chi connectivity index (χ0v) is 23.9. The highest BCUT2D eigenvalue weighted by Crippen LogP contribution is 2.30. The Morgan fingerprint density at radius 1 is 0.581 bits per heavy atom. The third-order valence-corrected chi connectivity index (χ3v) is 6.04. The molecule has 1 N–H and O–H groups in total. The second-order valence-electron chi connectivity index (χ2n) is 8.98. The van der Waals surface area contributed by atoms with Crippen molar-refractivity contribution in [1.29, 1.82) is 0 Å². The van der Waals surface area contributed by atoms with E-state index >= 15 is 0 Å². The number of hydrogen-bond acceptors (Lipinski definition) is 10. The molecule has 0 fully saturated rings. The number of nitro groups is 2. The fraction of sp³-hybridized carbons (Fsp3) is 0.226.